The molecule has 0 spiro atoms. The van der Waals surface area contributed by atoms with Gasteiger partial charge in [-0.3, -0.25) is 9.78 Å². The van der Waals surface area contributed by atoms with Crippen LogP contribution >= 0.6 is 12.4 Å². The maximum absolute atomic E-state index is 13.0. The number of halogens is 1. The van der Waals surface area contributed by atoms with Gasteiger partial charge in [0.15, 0.2) is 0 Å². The second-order valence-corrected chi connectivity index (χ2v) is 9.08. The van der Waals surface area contributed by atoms with Gasteiger partial charge in [-0.15, -0.1) is 12.4 Å². The lowest BCUT2D eigenvalue weighted by Gasteiger charge is -2.31. The second-order valence-electron chi connectivity index (χ2n) is 7.00. The summed E-state index contributed by atoms with van der Waals surface area (Å²) in [6.07, 6.45) is 5.55. The number of rotatable bonds is 6. The highest BCUT2D eigenvalue weighted by Crippen LogP contribution is 2.19. The van der Waals surface area contributed by atoms with Gasteiger partial charge in [0, 0.05) is 31.7 Å². The van der Waals surface area contributed by atoms with Crippen LogP contribution < -0.4 is 5.32 Å². The van der Waals surface area contributed by atoms with Crippen LogP contribution in [-0.4, -0.2) is 66.5 Å². The van der Waals surface area contributed by atoms with Gasteiger partial charge in [0.05, 0.1) is 18.0 Å². The summed E-state index contributed by atoms with van der Waals surface area (Å²) in [7, 11) is -3.16. The Morgan fingerprint density at radius 3 is 2.81 bits per heavy atom. The Morgan fingerprint density at radius 2 is 2.11 bits per heavy atom. The fourth-order valence-corrected chi connectivity index (χ4v) is 5.23. The number of pyridine rings is 1. The summed E-state index contributed by atoms with van der Waals surface area (Å²) in [6, 6.07) is 5.90. The van der Waals surface area contributed by atoms with Gasteiger partial charge < -0.3 is 10.2 Å². The van der Waals surface area contributed by atoms with Crippen molar-refractivity contribution in [3.8, 4) is 0 Å². The SMILES string of the molecule is Cl.O=C(CCN1CCCS1(=O)=O)N(Cc1ccccn1)C1CCCNCC1. The first-order valence-electron chi connectivity index (χ1n) is 9.44. The van der Waals surface area contributed by atoms with Gasteiger partial charge in [-0.2, -0.15) is 0 Å². The molecule has 1 N–H and O–H groups in total. The van der Waals surface area contributed by atoms with E-state index in [9.17, 15) is 13.2 Å². The van der Waals surface area contributed by atoms with Crippen molar-refractivity contribution in [1.29, 1.82) is 0 Å². The van der Waals surface area contributed by atoms with E-state index in [1.54, 1.807) is 6.20 Å². The molecule has 0 aromatic carbocycles. The number of carbonyl (C=O) groups is 1. The van der Waals surface area contributed by atoms with E-state index >= 15 is 0 Å². The molecule has 27 heavy (non-hydrogen) atoms. The number of hydrogen-bond acceptors (Lipinski definition) is 5. The molecule has 3 rings (SSSR count). The zero-order valence-electron chi connectivity index (χ0n) is 15.5. The molecule has 2 aliphatic rings. The monoisotopic (exact) mass is 416 g/mol. The maximum atomic E-state index is 13.0. The fraction of sp³-hybridized carbons (Fsp3) is 0.667. The van der Waals surface area contributed by atoms with Crippen LogP contribution in [0.1, 0.15) is 37.8 Å². The number of aromatic nitrogens is 1. The summed E-state index contributed by atoms with van der Waals surface area (Å²) in [6.45, 7) is 3.18. The molecule has 152 valence electrons. The highest BCUT2D eigenvalue weighted by Gasteiger charge is 2.30. The van der Waals surface area contributed by atoms with Crippen LogP contribution in [0.3, 0.4) is 0 Å². The Bertz CT molecular complexity index is 694. The first-order chi connectivity index (χ1) is 12.6. The number of sulfonamides is 1. The molecule has 2 saturated heterocycles. The van der Waals surface area contributed by atoms with Gasteiger partial charge in [0.1, 0.15) is 0 Å². The fourth-order valence-electron chi connectivity index (χ4n) is 3.71. The molecule has 1 aromatic rings. The molecule has 1 unspecified atom stereocenters. The summed E-state index contributed by atoms with van der Waals surface area (Å²) in [5, 5.41) is 3.38. The molecule has 2 aliphatic heterocycles. The number of carbonyl (C=O) groups excluding carboxylic acids is 1. The number of nitrogens with one attached hydrogen (secondary N) is 1. The highest BCUT2D eigenvalue weighted by atomic mass is 35.5. The van der Waals surface area contributed by atoms with Crippen molar-refractivity contribution in [3.05, 3.63) is 30.1 Å². The third-order valence-corrected chi connectivity index (χ3v) is 7.10. The number of nitrogens with zero attached hydrogens (tertiary/aromatic N) is 3. The lowest BCUT2D eigenvalue weighted by molar-refractivity contribution is -0.134. The smallest absolute Gasteiger partial charge is 0.224 e. The molecule has 0 aliphatic carbocycles. The van der Waals surface area contributed by atoms with Crippen LogP contribution in [0.15, 0.2) is 24.4 Å². The third kappa shape index (κ3) is 6.14. The van der Waals surface area contributed by atoms with Crippen LogP contribution in [0.2, 0.25) is 0 Å². The van der Waals surface area contributed by atoms with Crippen LogP contribution in [0, 0.1) is 0 Å². The molecule has 1 aromatic heterocycles. The Balaban J connectivity index is 0.00000261. The van der Waals surface area contributed by atoms with Gasteiger partial charge >= 0.3 is 0 Å². The standard InChI is InChI=1S/C18H28N4O3S.ClH/c23-18(8-13-21-12-4-14-26(21,24)25)22(15-16-5-1-2-10-20-16)17-6-3-9-19-11-7-17;/h1-2,5,10,17,19H,3-4,6-9,11-15H2;1H. The molecule has 0 saturated carbocycles. The van der Waals surface area contributed by atoms with Crippen molar-refractivity contribution in [2.75, 3.05) is 31.9 Å². The first kappa shape index (κ1) is 22.1. The summed E-state index contributed by atoms with van der Waals surface area (Å²) in [5.74, 6) is 0.220. The zero-order valence-corrected chi connectivity index (χ0v) is 17.2. The molecule has 2 fully saturated rings. The van der Waals surface area contributed by atoms with E-state index in [-0.39, 0.29) is 43.1 Å². The minimum Gasteiger partial charge on any atom is -0.334 e. The second kappa shape index (κ2) is 10.4. The molecule has 1 atom stereocenters. The summed E-state index contributed by atoms with van der Waals surface area (Å²) < 4.78 is 25.4. The van der Waals surface area contributed by atoms with Gasteiger partial charge in [-0.05, 0) is 50.9 Å². The molecular weight excluding hydrogens is 388 g/mol. The summed E-state index contributed by atoms with van der Waals surface area (Å²) >= 11 is 0. The van der Waals surface area contributed by atoms with E-state index < -0.39 is 10.0 Å². The Morgan fingerprint density at radius 1 is 1.26 bits per heavy atom. The van der Waals surface area contributed by atoms with E-state index in [1.165, 1.54) is 4.31 Å². The van der Waals surface area contributed by atoms with Crippen molar-refractivity contribution < 1.29 is 13.2 Å². The quantitative estimate of drug-likeness (QED) is 0.757. The maximum Gasteiger partial charge on any atom is 0.224 e. The molecular formula is C18H29ClN4O3S. The average Bonchev–Trinajstić information content (AvgIpc) is 2.83. The largest absolute Gasteiger partial charge is 0.334 e. The molecule has 0 bridgehead atoms. The van der Waals surface area contributed by atoms with Crippen molar-refractivity contribution in [2.24, 2.45) is 0 Å². The van der Waals surface area contributed by atoms with Crippen LogP contribution in [0.5, 0.6) is 0 Å². The Labute approximate surface area is 168 Å². The van der Waals surface area contributed by atoms with Crippen LogP contribution in [-0.2, 0) is 21.4 Å². The predicted octanol–water partition coefficient (Wildman–Crippen LogP) is 1.40. The molecule has 0 radical (unpaired) electrons. The van der Waals surface area contributed by atoms with Crippen molar-refractivity contribution >= 4 is 28.3 Å². The Hall–Kier alpha value is -1.22. The topological polar surface area (TPSA) is 82.6 Å². The number of amides is 1. The van der Waals surface area contributed by atoms with Crippen molar-refractivity contribution in [1.82, 2.24) is 19.5 Å². The van der Waals surface area contributed by atoms with Crippen molar-refractivity contribution in [3.63, 3.8) is 0 Å². The molecule has 9 heteroatoms. The van der Waals surface area contributed by atoms with Crippen LogP contribution in [0.25, 0.3) is 0 Å². The average molecular weight is 417 g/mol. The van der Waals surface area contributed by atoms with Crippen LogP contribution in [0.4, 0.5) is 0 Å². The minimum absolute atomic E-state index is 0. The normalized spacial score (nSPS) is 22.6. The van der Waals surface area contributed by atoms with E-state index in [4.69, 9.17) is 0 Å². The van der Waals surface area contributed by atoms with E-state index in [1.807, 2.05) is 23.1 Å². The predicted molar refractivity (Wildman–Crippen MR) is 107 cm³/mol. The molecule has 3 heterocycles. The van der Waals surface area contributed by atoms with Gasteiger partial charge in [-0.1, -0.05) is 6.07 Å². The molecule has 7 nitrogen and oxygen atoms in total. The van der Waals surface area contributed by atoms with E-state index in [0.717, 1.165) is 38.0 Å². The molecule has 1 amide bonds. The summed E-state index contributed by atoms with van der Waals surface area (Å²) in [4.78, 5) is 19.3. The lowest BCUT2D eigenvalue weighted by atomic mass is 10.1. The number of hydrogen-bond donors (Lipinski definition) is 1. The van der Waals surface area contributed by atoms with Gasteiger partial charge in [0.25, 0.3) is 0 Å². The van der Waals surface area contributed by atoms with Gasteiger partial charge in [0.2, 0.25) is 15.9 Å². The Kier molecular flexibility index (Phi) is 8.47. The summed E-state index contributed by atoms with van der Waals surface area (Å²) in [5.41, 5.74) is 0.867. The van der Waals surface area contributed by atoms with Gasteiger partial charge in [-0.25, -0.2) is 12.7 Å². The first-order valence-corrected chi connectivity index (χ1v) is 11.0. The zero-order chi connectivity index (χ0) is 18.4. The van der Waals surface area contributed by atoms with Crippen molar-refractivity contribution in [2.45, 2.75) is 44.7 Å². The lowest BCUT2D eigenvalue weighted by Crippen LogP contribution is -2.42. The van der Waals surface area contributed by atoms with E-state index in [2.05, 4.69) is 10.3 Å². The minimum atomic E-state index is -3.16. The highest BCUT2D eigenvalue weighted by molar-refractivity contribution is 7.89. The van der Waals surface area contributed by atoms with E-state index in [0.29, 0.717) is 19.5 Å². The third-order valence-electron chi connectivity index (χ3n) is 5.14.